The molecule has 0 radical (unpaired) electrons. The van der Waals surface area contributed by atoms with Crippen molar-refractivity contribution >= 4 is 46.5 Å². The van der Waals surface area contributed by atoms with Crippen molar-refractivity contribution in [2.75, 3.05) is 24.1 Å². The molecule has 10 nitrogen and oxygen atoms in total. The minimum absolute atomic E-state index is 0.00636. The molecule has 7 rings (SSSR count). The van der Waals surface area contributed by atoms with Crippen LogP contribution in [0.5, 0.6) is 0 Å². The molecule has 1 aromatic carbocycles. The summed E-state index contributed by atoms with van der Waals surface area (Å²) in [6.07, 6.45) is 10.6. The van der Waals surface area contributed by atoms with Crippen molar-refractivity contribution in [2.24, 2.45) is 0 Å². The van der Waals surface area contributed by atoms with Crippen LogP contribution in [0.2, 0.25) is 0 Å². The van der Waals surface area contributed by atoms with Crippen LogP contribution in [0.4, 0.5) is 11.6 Å². The van der Waals surface area contributed by atoms with Crippen LogP contribution >= 0.6 is 11.3 Å². The van der Waals surface area contributed by atoms with Gasteiger partial charge in [0.25, 0.3) is 11.8 Å². The number of amides is 2. The number of piperidine rings is 1. The molecule has 1 aliphatic heterocycles. The number of pyridine rings is 1. The Kier molecular flexibility index (Phi) is 6.94. The smallest absolute Gasteiger partial charge is 0.263 e. The topological polar surface area (TPSA) is 142 Å². The van der Waals surface area contributed by atoms with Crippen LogP contribution in [-0.4, -0.2) is 55.4 Å². The van der Waals surface area contributed by atoms with Gasteiger partial charge in [-0.3, -0.25) is 14.0 Å². The number of fused-ring (bicyclic) bond motifs is 1. The molecule has 2 fully saturated rings. The highest BCUT2D eigenvalue weighted by Crippen LogP contribution is 2.40. The standard InChI is InChI=1S/C32H30N8O2S/c33-16-19-14-25(43-18-19)32(42)39-12-1-2-24(17-39)30-38-27(28-29(34)36-11-13-40(28)30)21-5-7-22(8-6-21)31(41)37-26-15-23(9-10-35-26)20-3-4-20/h5-11,13-16,18,20,24,33H,1-4,12,17H2,(H2,34,36)(H,35,37,41)/t24-/m1/s1. The van der Waals surface area contributed by atoms with Crippen LogP contribution in [0.15, 0.2) is 66.4 Å². The molecule has 1 saturated carbocycles. The maximum Gasteiger partial charge on any atom is 0.263 e. The third-order valence-corrected chi connectivity index (χ3v) is 9.11. The molecule has 1 saturated heterocycles. The van der Waals surface area contributed by atoms with Gasteiger partial charge in [-0.2, -0.15) is 0 Å². The summed E-state index contributed by atoms with van der Waals surface area (Å²) in [5.74, 6) is 2.08. The van der Waals surface area contributed by atoms with E-state index in [-0.39, 0.29) is 17.7 Å². The molecule has 1 aliphatic carbocycles. The Morgan fingerprint density at radius 3 is 2.65 bits per heavy atom. The number of rotatable bonds is 7. The van der Waals surface area contributed by atoms with Crippen LogP contribution in [0.25, 0.3) is 16.8 Å². The quantitative estimate of drug-likeness (QED) is 0.211. The fourth-order valence-corrected chi connectivity index (χ4v) is 6.63. The van der Waals surface area contributed by atoms with Crippen LogP contribution in [0, 0.1) is 5.41 Å². The molecule has 0 bridgehead atoms. The average molecular weight is 591 g/mol. The first kappa shape index (κ1) is 27.0. The number of imidazole rings is 1. The highest BCUT2D eigenvalue weighted by Gasteiger charge is 2.30. The summed E-state index contributed by atoms with van der Waals surface area (Å²) in [4.78, 5) is 42.5. The number of carbonyl (C=O) groups excluding carboxylic acids is 2. The number of hydrogen-bond acceptors (Lipinski definition) is 8. The van der Waals surface area contributed by atoms with Gasteiger partial charge in [-0.25, -0.2) is 15.0 Å². The van der Waals surface area contributed by atoms with Gasteiger partial charge in [-0.05, 0) is 67.5 Å². The van der Waals surface area contributed by atoms with E-state index in [9.17, 15) is 9.59 Å². The van der Waals surface area contributed by atoms with Crippen molar-refractivity contribution in [3.63, 3.8) is 0 Å². The first-order chi connectivity index (χ1) is 21.0. The third-order valence-electron chi connectivity index (χ3n) is 8.18. The Hall–Kier alpha value is -4.90. The maximum absolute atomic E-state index is 13.3. The number of nitrogens with one attached hydrogen (secondary N) is 2. The van der Waals surface area contributed by atoms with E-state index in [0.29, 0.717) is 52.3 Å². The summed E-state index contributed by atoms with van der Waals surface area (Å²) in [5.41, 5.74) is 11.0. The molecular formula is C32H30N8O2S. The zero-order chi connectivity index (χ0) is 29.5. The molecule has 2 aliphatic rings. The highest BCUT2D eigenvalue weighted by molar-refractivity contribution is 7.12. The molecule has 5 heterocycles. The number of aromatic nitrogens is 4. The normalized spacial score (nSPS) is 16.7. The lowest BCUT2D eigenvalue weighted by Gasteiger charge is -2.32. The molecule has 1 atom stereocenters. The molecule has 43 heavy (non-hydrogen) atoms. The Morgan fingerprint density at radius 1 is 1.05 bits per heavy atom. The van der Waals surface area contributed by atoms with E-state index in [1.165, 1.54) is 36.0 Å². The van der Waals surface area contributed by atoms with E-state index >= 15 is 0 Å². The fraction of sp³-hybridized carbons (Fsp3) is 0.250. The Labute approximate surface area is 252 Å². The van der Waals surface area contributed by atoms with Gasteiger partial charge in [-0.1, -0.05) is 12.1 Å². The van der Waals surface area contributed by atoms with Gasteiger partial charge in [0, 0.05) is 65.9 Å². The van der Waals surface area contributed by atoms with Gasteiger partial charge in [0.2, 0.25) is 0 Å². The van der Waals surface area contributed by atoms with Gasteiger partial charge in [-0.15, -0.1) is 11.3 Å². The van der Waals surface area contributed by atoms with Crippen LogP contribution in [-0.2, 0) is 0 Å². The van der Waals surface area contributed by atoms with Crippen molar-refractivity contribution in [1.82, 2.24) is 24.3 Å². The van der Waals surface area contributed by atoms with Gasteiger partial charge in [0.15, 0.2) is 0 Å². The van der Waals surface area contributed by atoms with Gasteiger partial charge >= 0.3 is 0 Å². The van der Waals surface area contributed by atoms with E-state index in [4.69, 9.17) is 16.1 Å². The Balaban J connectivity index is 1.14. The number of benzene rings is 1. The first-order valence-electron chi connectivity index (χ1n) is 14.4. The molecule has 4 aromatic heterocycles. The zero-order valence-electron chi connectivity index (χ0n) is 23.4. The van der Waals surface area contributed by atoms with Crippen molar-refractivity contribution in [3.8, 4) is 11.3 Å². The van der Waals surface area contributed by atoms with E-state index in [2.05, 4.69) is 15.3 Å². The summed E-state index contributed by atoms with van der Waals surface area (Å²) in [6, 6.07) is 13.0. The summed E-state index contributed by atoms with van der Waals surface area (Å²) in [5, 5.41) is 12.2. The zero-order valence-corrected chi connectivity index (χ0v) is 24.2. The van der Waals surface area contributed by atoms with Crippen LogP contribution in [0.3, 0.4) is 0 Å². The monoisotopic (exact) mass is 590 g/mol. The average Bonchev–Trinajstić information content (AvgIpc) is 3.65. The van der Waals surface area contributed by atoms with Gasteiger partial charge in [0.05, 0.1) is 4.88 Å². The number of hydrogen-bond donors (Lipinski definition) is 3. The van der Waals surface area contributed by atoms with E-state index < -0.39 is 0 Å². The second-order valence-corrected chi connectivity index (χ2v) is 12.0. The van der Waals surface area contributed by atoms with Crippen LogP contribution in [0.1, 0.15) is 74.5 Å². The van der Waals surface area contributed by atoms with E-state index in [1.54, 1.807) is 30.6 Å². The lowest BCUT2D eigenvalue weighted by atomic mass is 9.97. The molecule has 216 valence electrons. The van der Waals surface area contributed by atoms with Crippen molar-refractivity contribution in [2.45, 2.75) is 37.5 Å². The lowest BCUT2D eigenvalue weighted by Crippen LogP contribution is -2.39. The summed E-state index contributed by atoms with van der Waals surface area (Å²) >= 11 is 1.37. The SMILES string of the molecule is N=Cc1csc(C(=O)N2CCC[C@@H](c3nc(-c4ccc(C(=O)Nc5cc(C6CC6)ccn5)cc4)c4c(N)nccn34)C2)c1. The van der Waals surface area contributed by atoms with Crippen molar-refractivity contribution in [3.05, 3.63) is 93.8 Å². The lowest BCUT2D eigenvalue weighted by molar-refractivity contribution is 0.0709. The minimum Gasteiger partial charge on any atom is -0.382 e. The van der Waals surface area contributed by atoms with Crippen molar-refractivity contribution < 1.29 is 9.59 Å². The fourth-order valence-electron chi connectivity index (χ4n) is 5.80. The van der Waals surface area contributed by atoms with Crippen LogP contribution < -0.4 is 11.1 Å². The van der Waals surface area contributed by atoms with Gasteiger partial charge < -0.3 is 21.4 Å². The number of anilines is 2. The Bertz CT molecular complexity index is 1860. The summed E-state index contributed by atoms with van der Waals surface area (Å²) in [7, 11) is 0. The first-order valence-corrected chi connectivity index (χ1v) is 15.2. The van der Waals surface area contributed by atoms with E-state index in [1.807, 2.05) is 45.1 Å². The van der Waals surface area contributed by atoms with E-state index in [0.717, 1.165) is 29.8 Å². The minimum atomic E-state index is -0.228. The predicted molar refractivity (Wildman–Crippen MR) is 167 cm³/mol. The molecule has 4 N–H and O–H groups in total. The largest absolute Gasteiger partial charge is 0.382 e. The maximum atomic E-state index is 13.3. The number of nitrogens with zero attached hydrogens (tertiary/aromatic N) is 5. The number of nitrogens with two attached hydrogens (primary N) is 1. The van der Waals surface area contributed by atoms with Crippen molar-refractivity contribution in [1.29, 1.82) is 5.41 Å². The number of likely N-dealkylation sites (tertiary alicyclic amines) is 1. The second-order valence-electron chi connectivity index (χ2n) is 11.1. The molecule has 5 aromatic rings. The summed E-state index contributed by atoms with van der Waals surface area (Å²) < 4.78 is 1.98. The molecule has 0 spiro atoms. The number of thiophene rings is 1. The second kappa shape index (κ2) is 11.1. The molecule has 11 heteroatoms. The molecule has 0 unspecified atom stereocenters. The third kappa shape index (κ3) is 5.27. The number of nitrogen functional groups attached to an aromatic ring is 1. The molecular weight excluding hydrogens is 560 g/mol. The predicted octanol–water partition coefficient (Wildman–Crippen LogP) is 5.58. The Morgan fingerprint density at radius 2 is 1.88 bits per heavy atom. The number of carbonyl (C=O) groups is 2. The highest BCUT2D eigenvalue weighted by atomic mass is 32.1. The summed E-state index contributed by atoms with van der Waals surface area (Å²) in [6.45, 7) is 1.21. The molecule has 2 amide bonds. The van der Waals surface area contributed by atoms with Gasteiger partial charge in [0.1, 0.15) is 28.7 Å².